The number of hydrogen-bond donors (Lipinski definition) is 1. The van der Waals surface area contributed by atoms with E-state index in [-0.39, 0.29) is 5.91 Å². The van der Waals surface area contributed by atoms with Gasteiger partial charge in [-0.25, -0.2) is 8.42 Å². The van der Waals surface area contributed by atoms with Crippen LogP contribution in [0.3, 0.4) is 0 Å². The highest BCUT2D eigenvalue weighted by molar-refractivity contribution is 7.92. The fourth-order valence-electron chi connectivity index (χ4n) is 2.49. The van der Waals surface area contributed by atoms with Crippen LogP contribution in [-0.2, 0) is 21.4 Å². The van der Waals surface area contributed by atoms with Gasteiger partial charge in [-0.3, -0.25) is 9.10 Å². The lowest BCUT2D eigenvalue weighted by Crippen LogP contribution is -2.30. The number of nitrogens with one attached hydrogen (secondary N) is 1. The van der Waals surface area contributed by atoms with E-state index in [1.807, 2.05) is 30.3 Å². The molecule has 1 N–H and O–H groups in total. The fourth-order valence-corrected chi connectivity index (χ4v) is 3.46. The van der Waals surface area contributed by atoms with Crippen LogP contribution in [0.25, 0.3) is 0 Å². The predicted octanol–water partition coefficient (Wildman–Crippen LogP) is 2.42. The third kappa shape index (κ3) is 5.86. The van der Waals surface area contributed by atoms with Crippen molar-refractivity contribution in [2.45, 2.75) is 13.5 Å². The summed E-state index contributed by atoms with van der Waals surface area (Å²) < 4.78 is 30.2. The minimum atomic E-state index is -3.33. The van der Waals surface area contributed by atoms with Crippen LogP contribution in [0.15, 0.2) is 54.6 Å². The minimum absolute atomic E-state index is 0.220. The molecule has 2 aromatic carbocycles. The predicted molar refractivity (Wildman–Crippen MR) is 103 cm³/mol. The van der Waals surface area contributed by atoms with E-state index in [2.05, 4.69) is 5.32 Å². The molecule has 6 nitrogen and oxygen atoms in total. The highest BCUT2D eigenvalue weighted by Crippen LogP contribution is 2.17. The van der Waals surface area contributed by atoms with Gasteiger partial charge in [0.15, 0.2) is 0 Å². The molecule has 0 fully saturated rings. The zero-order valence-electron chi connectivity index (χ0n) is 15.0. The highest BCUT2D eigenvalue weighted by atomic mass is 32.2. The average Bonchev–Trinajstić information content (AvgIpc) is 2.62. The zero-order valence-corrected chi connectivity index (χ0v) is 15.8. The molecule has 0 saturated carbocycles. The summed E-state index contributed by atoms with van der Waals surface area (Å²) in [5.74, 6) is -0.220. The van der Waals surface area contributed by atoms with Crippen LogP contribution in [0.1, 0.15) is 22.8 Å². The van der Waals surface area contributed by atoms with E-state index in [1.54, 1.807) is 31.2 Å². The molecular formula is C19H24N2O4S. The molecule has 0 aliphatic rings. The summed E-state index contributed by atoms with van der Waals surface area (Å²) in [6.45, 7) is 3.41. The maximum atomic E-state index is 12.1. The number of benzene rings is 2. The van der Waals surface area contributed by atoms with Gasteiger partial charge in [0.25, 0.3) is 5.91 Å². The van der Waals surface area contributed by atoms with Crippen molar-refractivity contribution < 1.29 is 17.9 Å². The quantitative estimate of drug-likeness (QED) is 0.682. The number of sulfonamides is 1. The lowest BCUT2D eigenvalue weighted by Gasteiger charge is -2.20. The van der Waals surface area contributed by atoms with Crippen LogP contribution in [0.2, 0.25) is 0 Å². The standard InChI is InChI=1S/C19H24N2O4S/c1-3-21(26(2,23)24)18-11-9-17(10-12-18)19(22)20-13-14-25-15-16-7-5-4-6-8-16/h4-12H,3,13-15H2,1-2H3,(H,20,22). The molecule has 0 bridgehead atoms. The number of anilines is 1. The first-order chi connectivity index (χ1) is 12.4. The second-order valence-electron chi connectivity index (χ2n) is 5.77. The Morgan fingerprint density at radius 1 is 1.08 bits per heavy atom. The van der Waals surface area contributed by atoms with Gasteiger partial charge in [0, 0.05) is 18.7 Å². The number of amides is 1. The van der Waals surface area contributed by atoms with Gasteiger partial charge >= 0.3 is 0 Å². The number of carbonyl (C=O) groups is 1. The van der Waals surface area contributed by atoms with Crippen LogP contribution >= 0.6 is 0 Å². The third-order valence-electron chi connectivity index (χ3n) is 3.75. The van der Waals surface area contributed by atoms with E-state index in [0.29, 0.717) is 37.6 Å². The summed E-state index contributed by atoms with van der Waals surface area (Å²) in [5.41, 5.74) is 2.10. The molecule has 0 aliphatic heterocycles. The van der Waals surface area contributed by atoms with Gasteiger partial charge in [-0.2, -0.15) is 0 Å². The average molecular weight is 376 g/mol. The molecule has 0 spiro atoms. The van der Waals surface area contributed by atoms with Crippen LogP contribution < -0.4 is 9.62 Å². The summed E-state index contributed by atoms with van der Waals surface area (Å²) in [6.07, 6.45) is 1.16. The summed E-state index contributed by atoms with van der Waals surface area (Å²) in [5, 5.41) is 2.78. The Labute approximate surface area is 154 Å². The van der Waals surface area contributed by atoms with Gasteiger partial charge in [-0.15, -0.1) is 0 Å². The number of carbonyl (C=O) groups excluding carboxylic acids is 1. The van der Waals surface area contributed by atoms with Gasteiger partial charge in [-0.05, 0) is 36.8 Å². The third-order valence-corrected chi connectivity index (χ3v) is 5.02. The molecule has 0 saturated heterocycles. The first-order valence-corrected chi connectivity index (χ1v) is 10.2. The summed E-state index contributed by atoms with van der Waals surface area (Å²) >= 11 is 0. The van der Waals surface area contributed by atoms with Gasteiger partial charge in [0.2, 0.25) is 10.0 Å². The molecule has 0 unspecified atom stereocenters. The van der Waals surface area contributed by atoms with Crippen LogP contribution in [0.4, 0.5) is 5.69 Å². The highest BCUT2D eigenvalue weighted by Gasteiger charge is 2.15. The van der Waals surface area contributed by atoms with E-state index in [4.69, 9.17) is 4.74 Å². The molecule has 0 radical (unpaired) electrons. The van der Waals surface area contributed by atoms with Gasteiger partial charge in [0.1, 0.15) is 0 Å². The van der Waals surface area contributed by atoms with Crippen molar-refractivity contribution in [1.82, 2.24) is 5.32 Å². The van der Waals surface area contributed by atoms with E-state index in [0.717, 1.165) is 11.8 Å². The first-order valence-electron chi connectivity index (χ1n) is 8.39. The Morgan fingerprint density at radius 3 is 2.31 bits per heavy atom. The minimum Gasteiger partial charge on any atom is -0.375 e. The van der Waals surface area contributed by atoms with E-state index in [9.17, 15) is 13.2 Å². The summed E-state index contributed by atoms with van der Waals surface area (Å²) in [6, 6.07) is 16.3. The second kappa shape index (κ2) is 9.35. The van der Waals surface area contributed by atoms with Crippen molar-refractivity contribution in [1.29, 1.82) is 0 Å². The van der Waals surface area contributed by atoms with Crippen LogP contribution in [-0.4, -0.2) is 40.3 Å². The van der Waals surface area contributed by atoms with E-state index >= 15 is 0 Å². The van der Waals surface area contributed by atoms with E-state index < -0.39 is 10.0 Å². The Balaban J connectivity index is 1.80. The van der Waals surface area contributed by atoms with Crippen molar-refractivity contribution >= 4 is 21.6 Å². The van der Waals surface area contributed by atoms with Crippen LogP contribution in [0.5, 0.6) is 0 Å². The first kappa shape index (κ1) is 19.9. The molecule has 2 rings (SSSR count). The molecule has 0 aliphatic carbocycles. The molecule has 1 amide bonds. The lowest BCUT2D eigenvalue weighted by molar-refractivity contribution is 0.0901. The normalized spacial score (nSPS) is 11.2. The Morgan fingerprint density at radius 2 is 1.73 bits per heavy atom. The van der Waals surface area contributed by atoms with Crippen molar-refractivity contribution in [3.8, 4) is 0 Å². The smallest absolute Gasteiger partial charge is 0.251 e. The Hall–Kier alpha value is -2.38. The van der Waals surface area contributed by atoms with Crippen molar-refractivity contribution in [2.24, 2.45) is 0 Å². The second-order valence-corrected chi connectivity index (χ2v) is 7.68. The lowest BCUT2D eigenvalue weighted by atomic mass is 10.2. The van der Waals surface area contributed by atoms with Gasteiger partial charge < -0.3 is 10.1 Å². The molecular weight excluding hydrogens is 352 g/mol. The molecule has 2 aromatic rings. The molecule has 0 atom stereocenters. The number of rotatable bonds is 9. The van der Waals surface area contributed by atoms with Crippen LogP contribution in [0, 0.1) is 0 Å². The monoisotopic (exact) mass is 376 g/mol. The maximum Gasteiger partial charge on any atom is 0.251 e. The number of hydrogen-bond acceptors (Lipinski definition) is 4. The molecule has 26 heavy (non-hydrogen) atoms. The SMILES string of the molecule is CCN(c1ccc(C(=O)NCCOCc2ccccc2)cc1)S(C)(=O)=O. The Kier molecular flexibility index (Phi) is 7.17. The Bertz CT molecular complexity index is 805. The maximum absolute atomic E-state index is 12.1. The largest absolute Gasteiger partial charge is 0.375 e. The fraction of sp³-hybridized carbons (Fsp3) is 0.316. The van der Waals surface area contributed by atoms with Gasteiger partial charge in [-0.1, -0.05) is 30.3 Å². The van der Waals surface area contributed by atoms with Crippen molar-refractivity contribution in [3.63, 3.8) is 0 Å². The van der Waals surface area contributed by atoms with Crippen molar-refractivity contribution in [3.05, 3.63) is 65.7 Å². The van der Waals surface area contributed by atoms with Crippen molar-refractivity contribution in [2.75, 3.05) is 30.3 Å². The molecule has 7 heteroatoms. The molecule has 0 heterocycles. The summed E-state index contributed by atoms with van der Waals surface area (Å²) in [4.78, 5) is 12.1. The topological polar surface area (TPSA) is 75.7 Å². The molecule has 0 aromatic heterocycles. The number of ether oxygens (including phenoxy) is 1. The summed E-state index contributed by atoms with van der Waals surface area (Å²) in [7, 11) is -3.33. The molecule has 140 valence electrons. The van der Waals surface area contributed by atoms with Gasteiger partial charge in [0.05, 0.1) is 25.2 Å². The van der Waals surface area contributed by atoms with E-state index in [1.165, 1.54) is 4.31 Å². The number of nitrogens with zero attached hydrogens (tertiary/aromatic N) is 1. The zero-order chi connectivity index (χ0) is 19.0.